The van der Waals surface area contributed by atoms with Gasteiger partial charge in [0.1, 0.15) is 24.3 Å². The summed E-state index contributed by atoms with van der Waals surface area (Å²) in [6.07, 6.45) is 1.17. The second kappa shape index (κ2) is 10.1. The number of carbonyl (C=O) groups excluding carboxylic acids is 2. The summed E-state index contributed by atoms with van der Waals surface area (Å²) in [5.41, 5.74) is 9.26. The smallest absolute Gasteiger partial charge is 0.340 e. The Morgan fingerprint density at radius 3 is 2.28 bits per heavy atom. The van der Waals surface area contributed by atoms with E-state index in [2.05, 4.69) is 20.8 Å². The molecule has 1 aliphatic rings. The number of fused-ring (bicyclic) bond motifs is 1. The summed E-state index contributed by atoms with van der Waals surface area (Å²) in [6.45, 7) is 6.79. The highest BCUT2D eigenvalue weighted by atomic mass is 19.1. The Kier molecular flexibility index (Phi) is 7.11. The molecule has 2 N–H and O–H groups in total. The van der Waals surface area contributed by atoms with Gasteiger partial charge in [0.05, 0.1) is 11.3 Å². The predicted molar refractivity (Wildman–Crippen MR) is 135 cm³/mol. The first-order valence-corrected chi connectivity index (χ1v) is 11.9. The van der Waals surface area contributed by atoms with E-state index in [1.54, 1.807) is 4.90 Å². The molecule has 1 amide bonds. The Labute approximate surface area is 209 Å². The average molecular weight is 493 g/mol. The van der Waals surface area contributed by atoms with Crippen LogP contribution in [0.25, 0.3) is 0 Å². The van der Waals surface area contributed by atoms with E-state index in [0.29, 0.717) is 36.2 Å². The molecule has 1 heterocycles. The van der Waals surface area contributed by atoms with Crippen LogP contribution in [0.2, 0.25) is 0 Å². The maximum Gasteiger partial charge on any atom is 0.340 e. The molecule has 0 saturated heterocycles. The number of hydrogen-bond donors (Lipinski definition) is 1. The van der Waals surface area contributed by atoms with Gasteiger partial charge in [0.25, 0.3) is 0 Å². The van der Waals surface area contributed by atoms with Crippen LogP contribution in [0, 0.1) is 11.6 Å². The molecule has 0 aromatic heterocycles. The van der Waals surface area contributed by atoms with Gasteiger partial charge in [0.2, 0.25) is 5.91 Å². The van der Waals surface area contributed by atoms with Crippen LogP contribution in [-0.4, -0.2) is 18.4 Å². The number of hydrogen-bond acceptors (Lipinski definition) is 4. The summed E-state index contributed by atoms with van der Waals surface area (Å²) in [6, 6.07) is 14.8. The van der Waals surface area contributed by atoms with Crippen LogP contribution < -0.4 is 10.6 Å². The monoisotopic (exact) mass is 492 g/mol. The molecule has 0 saturated carbocycles. The first kappa shape index (κ1) is 25.4. The van der Waals surface area contributed by atoms with E-state index in [4.69, 9.17) is 10.5 Å². The molecule has 1 unspecified atom stereocenters. The van der Waals surface area contributed by atoms with Crippen molar-refractivity contribution in [3.05, 3.63) is 100 Å². The van der Waals surface area contributed by atoms with E-state index < -0.39 is 29.6 Å². The first-order valence-electron chi connectivity index (χ1n) is 11.9. The van der Waals surface area contributed by atoms with Crippen molar-refractivity contribution in [1.29, 1.82) is 0 Å². The Hall–Kier alpha value is -3.74. The zero-order chi connectivity index (χ0) is 26.0. The molecule has 0 spiro atoms. The summed E-state index contributed by atoms with van der Waals surface area (Å²) in [4.78, 5) is 27.5. The normalized spacial score (nSPS) is 14.2. The fourth-order valence-corrected chi connectivity index (χ4v) is 4.62. The topological polar surface area (TPSA) is 72.6 Å². The van der Waals surface area contributed by atoms with Crippen molar-refractivity contribution in [1.82, 2.24) is 0 Å². The number of nitrogens with two attached hydrogens (primary N) is 1. The van der Waals surface area contributed by atoms with E-state index in [0.717, 1.165) is 17.2 Å². The number of primary amides is 1. The maximum absolute atomic E-state index is 14.5. The molecule has 3 aromatic rings. The van der Waals surface area contributed by atoms with Crippen LogP contribution in [-0.2, 0) is 28.0 Å². The molecular formula is C29H30F2N2O3. The van der Waals surface area contributed by atoms with Gasteiger partial charge in [-0.2, -0.15) is 0 Å². The van der Waals surface area contributed by atoms with E-state index in [1.165, 1.54) is 30.3 Å². The third-order valence-corrected chi connectivity index (χ3v) is 6.46. The molecule has 36 heavy (non-hydrogen) atoms. The number of rotatable bonds is 6. The molecule has 4 rings (SSSR count). The number of ether oxygens (including phenoxy) is 1. The van der Waals surface area contributed by atoms with Gasteiger partial charge in [-0.3, -0.25) is 4.79 Å². The van der Waals surface area contributed by atoms with Crippen molar-refractivity contribution in [2.75, 3.05) is 11.4 Å². The minimum atomic E-state index is -0.952. The number of esters is 1. The number of amides is 1. The molecule has 188 valence electrons. The van der Waals surface area contributed by atoms with Gasteiger partial charge in [0, 0.05) is 6.54 Å². The van der Waals surface area contributed by atoms with Crippen molar-refractivity contribution >= 4 is 17.6 Å². The van der Waals surface area contributed by atoms with Crippen LogP contribution in [0.3, 0.4) is 0 Å². The largest absolute Gasteiger partial charge is 0.457 e. The van der Waals surface area contributed by atoms with Crippen molar-refractivity contribution in [2.24, 2.45) is 5.73 Å². The van der Waals surface area contributed by atoms with E-state index in [1.807, 2.05) is 24.3 Å². The standard InChI is InChI=1S/C29H30F2N2O3/c1-29(2,3)21-10-6-18(7-11-21)17-36-28(35)24-16-23(31)15-20-5-4-14-33(25(20)24)26(27(32)34)19-8-12-22(30)13-9-19/h6-13,15-16,26H,4-5,14,17H2,1-3H3,(H2,32,34). The van der Waals surface area contributed by atoms with Crippen molar-refractivity contribution in [2.45, 2.75) is 51.7 Å². The number of benzene rings is 3. The fourth-order valence-electron chi connectivity index (χ4n) is 4.62. The molecule has 0 bridgehead atoms. The highest BCUT2D eigenvalue weighted by Crippen LogP contribution is 2.38. The second-order valence-electron chi connectivity index (χ2n) is 10.1. The average Bonchev–Trinajstić information content (AvgIpc) is 2.83. The molecule has 1 aliphatic heterocycles. The summed E-state index contributed by atoms with van der Waals surface area (Å²) in [7, 11) is 0. The predicted octanol–water partition coefficient (Wildman–Crippen LogP) is 5.60. The second-order valence-corrected chi connectivity index (χ2v) is 10.1. The third-order valence-electron chi connectivity index (χ3n) is 6.46. The van der Waals surface area contributed by atoms with E-state index in [9.17, 15) is 18.4 Å². The van der Waals surface area contributed by atoms with Gasteiger partial charge in [-0.1, -0.05) is 57.2 Å². The summed E-state index contributed by atoms with van der Waals surface area (Å²) >= 11 is 0. The summed E-state index contributed by atoms with van der Waals surface area (Å²) in [5, 5.41) is 0. The minimum Gasteiger partial charge on any atom is -0.457 e. The van der Waals surface area contributed by atoms with Crippen LogP contribution in [0.15, 0.2) is 60.7 Å². The van der Waals surface area contributed by atoms with Crippen LogP contribution in [0.5, 0.6) is 0 Å². The quantitative estimate of drug-likeness (QED) is 0.455. The molecule has 1 atom stereocenters. The Morgan fingerprint density at radius 1 is 1.00 bits per heavy atom. The molecule has 0 fully saturated rings. The van der Waals surface area contributed by atoms with Crippen molar-refractivity contribution in [3.63, 3.8) is 0 Å². The van der Waals surface area contributed by atoms with E-state index >= 15 is 0 Å². The lowest BCUT2D eigenvalue weighted by Crippen LogP contribution is -2.41. The molecule has 3 aromatic carbocycles. The van der Waals surface area contributed by atoms with Gasteiger partial charge < -0.3 is 15.4 Å². The third kappa shape index (κ3) is 5.40. The Morgan fingerprint density at radius 2 is 1.67 bits per heavy atom. The van der Waals surface area contributed by atoms with Gasteiger partial charge in [-0.25, -0.2) is 13.6 Å². The van der Waals surface area contributed by atoms with Gasteiger partial charge in [0.15, 0.2) is 0 Å². The lowest BCUT2D eigenvalue weighted by atomic mass is 9.87. The van der Waals surface area contributed by atoms with Crippen LogP contribution >= 0.6 is 0 Å². The first-order chi connectivity index (χ1) is 17.0. The SMILES string of the molecule is CC(C)(C)c1ccc(COC(=O)c2cc(F)cc3c2N(C(C(N)=O)c2ccc(F)cc2)CCC3)cc1. The van der Waals surface area contributed by atoms with Crippen LogP contribution in [0.1, 0.15) is 65.8 Å². The lowest BCUT2D eigenvalue weighted by molar-refractivity contribution is -0.119. The van der Waals surface area contributed by atoms with Gasteiger partial charge in [-0.05, 0) is 64.8 Å². The summed E-state index contributed by atoms with van der Waals surface area (Å²) < 4.78 is 33.6. The number of anilines is 1. The Bertz CT molecular complexity index is 1270. The molecular weight excluding hydrogens is 462 g/mol. The molecule has 7 heteroatoms. The molecule has 0 radical (unpaired) electrons. The molecule has 5 nitrogen and oxygen atoms in total. The zero-order valence-corrected chi connectivity index (χ0v) is 20.7. The van der Waals surface area contributed by atoms with Gasteiger partial charge >= 0.3 is 5.97 Å². The highest BCUT2D eigenvalue weighted by molar-refractivity contribution is 5.98. The lowest BCUT2D eigenvalue weighted by Gasteiger charge is -2.37. The Balaban J connectivity index is 1.65. The number of nitrogens with zero attached hydrogens (tertiary/aromatic N) is 1. The van der Waals surface area contributed by atoms with E-state index in [-0.39, 0.29) is 17.6 Å². The summed E-state index contributed by atoms with van der Waals surface area (Å²) in [5.74, 6) is -2.35. The highest BCUT2D eigenvalue weighted by Gasteiger charge is 2.33. The van der Waals surface area contributed by atoms with Crippen molar-refractivity contribution < 1.29 is 23.1 Å². The number of carbonyl (C=O) groups is 2. The molecule has 0 aliphatic carbocycles. The number of aryl methyl sites for hydroxylation is 1. The maximum atomic E-state index is 14.5. The van der Waals surface area contributed by atoms with Crippen LogP contribution in [0.4, 0.5) is 14.5 Å². The van der Waals surface area contributed by atoms with Crippen molar-refractivity contribution in [3.8, 4) is 0 Å². The zero-order valence-electron chi connectivity index (χ0n) is 20.7. The minimum absolute atomic E-state index is 0.000777. The number of halogens is 2. The van der Waals surface area contributed by atoms with Gasteiger partial charge in [-0.15, -0.1) is 0 Å². The fraction of sp³-hybridized carbons (Fsp3) is 0.310.